The molecular weight excluding hydrogens is 212 g/mol. The molecule has 0 heterocycles. The third-order valence-electron chi connectivity index (χ3n) is 1.85. The largest absolute Gasteiger partial charge is 0.481 e. The Morgan fingerprint density at radius 1 is 1.33 bits per heavy atom. The minimum atomic E-state index is -0.901. The van der Waals surface area contributed by atoms with E-state index in [1.54, 1.807) is 0 Å². The minimum Gasteiger partial charge on any atom is -0.481 e. The zero-order valence-electron chi connectivity index (χ0n) is 8.34. The van der Waals surface area contributed by atoms with Crippen LogP contribution >= 0.6 is 11.8 Å². The van der Waals surface area contributed by atoms with Crippen LogP contribution in [-0.4, -0.2) is 22.6 Å². The van der Waals surface area contributed by atoms with Gasteiger partial charge in [-0.2, -0.15) is 0 Å². The van der Waals surface area contributed by atoms with Crippen molar-refractivity contribution in [2.45, 2.75) is 12.2 Å². The summed E-state index contributed by atoms with van der Waals surface area (Å²) >= 11 is 1.14. The molecule has 1 rings (SSSR count). The Bertz CT molecular complexity index is 348. The van der Waals surface area contributed by atoms with Crippen LogP contribution in [0.3, 0.4) is 0 Å². The van der Waals surface area contributed by atoms with E-state index < -0.39 is 5.97 Å². The molecule has 0 aliphatic carbocycles. The molecule has 0 spiro atoms. The van der Waals surface area contributed by atoms with Crippen molar-refractivity contribution >= 4 is 23.5 Å². The summed E-state index contributed by atoms with van der Waals surface area (Å²) in [5.74, 6) is -0.978. The van der Waals surface area contributed by atoms with Crippen molar-refractivity contribution in [1.82, 2.24) is 0 Å². The Kier molecular flexibility index (Phi) is 4.37. The van der Waals surface area contributed by atoms with Crippen molar-refractivity contribution in [1.29, 1.82) is 0 Å². The Morgan fingerprint density at radius 2 is 1.93 bits per heavy atom. The lowest BCUT2D eigenvalue weighted by atomic mass is 10.1. The monoisotopic (exact) mass is 224 g/mol. The number of ketones is 1. The molecule has 0 aliphatic heterocycles. The van der Waals surface area contributed by atoms with Crippen LogP contribution in [0.1, 0.15) is 17.7 Å². The molecule has 0 saturated carbocycles. The third-order valence-corrected chi connectivity index (χ3v) is 3.20. The van der Waals surface area contributed by atoms with Crippen LogP contribution in [0.25, 0.3) is 0 Å². The topological polar surface area (TPSA) is 54.4 Å². The quantitative estimate of drug-likeness (QED) is 0.832. The Hall–Kier alpha value is -1.29. The zero-order valence-corrected chi connectivity index (χ0v) is 9.16. The molecule has 4 heteroatoms. The molecule has 0 bridgehead atoms. The van der Waals surface area contributed by atoms with Gasteiger partial charge in [0.25, 0.3) is 0 Å². The summed E-state index contributed by atoms with van der Waals surface area (Å²) in [6.45, 7) is 1.48. The number of aliphatic carboxylic acids is 1. The molecule has 0 saturated heterocycles. The summed E-state index contributed by atoms with van der Waals surface area (Å²) in [6, 6.07) is 9.21. The maximum atomic E-state index is 11.3. The highest BCUT2D eigenvalue weighted by atomic mass is 32.2. The molecular formula is C11H12O3S. The molecule has 1 unspecified atom stereocenters. The first-order chi connectivity index (χ1) is 7.11. The van der Waals surface area contributed by atoms with Gasteiger partial charge in [0.2, 0.25) is 0 Å². The van der Waals surface area contributed by atoms with Crippen LogP contribution in [0.5, 0.6) is 0 Å². The van der Waals surface area contributed by atoms with E-state index in [2.05, 4.69) is 0 Å². The number of hydrogen-bond acceptors (Lipinski definition) is 3. The average molecular weight is 224 g/mol. The molecule has 0 aromatic heterocycles. The Morgan fingerprint density at radius 3 is 2.40 bits per heavy atom. The van der Waals surface area contributed by atoms with Crippen molar-refractivity contribution in [3.05, 3.63) is 35.9 Å². The summed E-state index contributed by atoms with van der Waals surface area (Å²) in [6.07, 6.45) is 0. The summed E-state index contributed by atoms with van der Waals surface area (Å²) in [7, 11) is 0. The highest BCUT2D eigenvalue weighted by molar-refractivity contribution is 8.00. The summed E-state index contributed by atoms with van der Waals surface area (Å²) in [5, 5.41) is 8.19. The van der Waals surface area contributed by atoms with E-state index in [9.17, 15) is 9.59 Å². The van der Waals surface area contributed by atoms with Crippen molar-refractivity contribution in [3.63, 3.8) is 0 Å². The molecule has 0 amide bonds. The summed E-state index contributed by atoms with van der Waals surface area (Å²) < 4.78 is 0. The second-order valence-corrected chi connectivity index (χ2v) is 4.20. The van der Waals surface area contributed by atoms with E-state index in [1.807, 2.05) is 30.3 Å². The van der Waals surface area contributed by atoms with Crippen molar-refractivity contribution in [2.24, 2.45) is 0 Å². The van der Waals surface area contributed by atoms with Gasteiger partial charge in [0.1, 0.15) is 5.78 Å². The fourth-order valence-electron chi connectivity index (χ4n) is 1.23. The molecule has 3 nitrogen and oxygen atoms in total. The van der Waals surface area contributed by atoms with Gasteiger partial charge in [-0.3, -0.25) is 9.59 Å². The van der Waals surface area contributed by atoms with Crippen LogP contribution < -0.4 is 0 Å². The lowest BCUT2D eigenvalue weighted by Gasteiger charge is -2.12. The standard InChI is InChI=1S/C11H12O3S/c1-8(12)11(15-7-10(13)14)9-5-3-2-4-6-9/h2-6,11H,7H2,1H3,(H,13,14). The van der Waals surface area contributed by atoms with Gasteiger partial charge in [-0.1, -0.05) is 30.3 Å². The number of benzene rings is 1. The molecule has 0 aliphatic rings. The lowest BCUT2D eigenvalue weighted by molar-refractivity contribution is -0.133. The van der Waals surface area contributed by atoms with E-state index in [0.717, 1.165) is 17.3 Å². The van der Waals surface area contributed by atoms with Crippen LogP contribution in [0.4, 0.5) is 0 Å². The lowest BCUT2D eigenvalue weighted by Crippen LogP contribution is -2.08. The Labute approximate surface area is 92.5 Å². The summed E-state index contributed by atoms with van der Waals surface area (Å²) in [4.78, 5) is 21.8. The van der Waals surface area contributed by atoms with Crippen LogP contribution in [-0.2, 0) is 9.59 Å². The fourth-order valence-corrected chi connectivity index (χ4v) is 2.12. The van der Waals surface area contributed by atoms with Crippen LogP contribution in [0.2, 0.25) is 0 Å². The maximum absolute atomic E-state index is 11.3. The number of carbonyl (C=O) groups is 2. The van der Waals surface area contributed by atoms with E-state index in [1.165, 1.54) is 6.92 Å². The van der Waals surface area contributed by atoms with E-state index in [0.29, 0.717) is 0 Å². The number of rotatable bonds is 5. The second-order valence-electron chi connectivity index (χ2n) is 3.11. The van der Waals surface area contributed by atoms with Gasteiger partial charge in [0, 0.05) is 0 Å². The number of hydrogen-bond donors (Lipinski definition) is 1. The third kappa shape index (κ3) is 3.75. The Balaban J connectivity index is 2.75. The molecule has 1 N–H and O–H groups in total. The maximum Gasteiger partial charge on any atom is 0.313 e. The fraction of sp³-hybridized carbons (Fsp3) is 0.273. The number of Topliss-reactive ketones (excluding diaryl/α,β-unsaturated/α-hetero) is 1. The highest BCUT2D eigenvalue weighted by Gasteiger charge is 2.17. The molecule has 1 aromatic carbocycles. The number of thioether (sulfide) groups is 1. The number of carbonyl (C=O) groups excluding carboxylic acids is 1. The molecule has 15 heavy (non-hydrogen) atoms. The van der Waals surface area contributed by atoms with Gasteiger partial charge in [0.05, 0.1) is 11.0 Å². The molecule has 1 atom stereocenters. The number of carboxylic acid groups (broad SMARTS) is 1. The zero-order chi connectivity index (χ0) is 11.3. The highest BCUT2D eigenvalue weighted by Crippen LogP contribution is 2.29. The van der Waals surface area contributed by atoms with Crippen molar-refractivity contribution in [2.75, 3.05) is 5.75 Å². The van der Waals surface area contributed by atoms with Gasteiger partial charge in [0.15, 0.2) is 0 Å². The normalized spacial score (nSPS) is 12.1. The van der Waals surface area contributed by atoms with Gasteiger partial charge in [-0.15, -0.1) is 11.8 Å². The smallest absolute Gasteiger partial charge is 0.313 e. The molecule has 0 radical (unpaired) electrons. The molecule has 1 aromatic rings. The average Bonchev–Trinajstić information content (AvgIpc) is 2.18. The predicted molar refractivity (Wildman–Crippen MR) is 60.0 cm³/mol. The first-order valence-corrected chi connectivity index (χ1v) is 5.55. The minimum absolute atomic E-state index is 0.0209. The SMILES string of the molecule is CC(=O)C(SCC(=O)O)c1ccccc1. The van der Waals surface area contributed by atoms with Crippen molar-refractivity contribution < 1.29 is 14.7 Å². The van der Waals surface area contributed by atoms with Crippen LogP contribution in [0, 0.1) is 0 Å². The van der Waals surface area contributed by atoms with Gasteiger partial charge >= 0.3 is 5.97 Å². The van der Waals surface area contributed by atoms with Gasteiger partial charge in [-0.25, -0.2) is 0 Å². The van der Waals surface area contributed by atoms with Crippen LogP contribution in [0.15, 0.2) is 30.3 Å². The van der Waals surface area contributed by atoms with Gasteiger partial charge < -0.3 is 5.11 Å². The molecule has 80 valence electrons. The summed E-state index contributed by atoms with van der Waals surface area (Å²) in [5.41, 5.74) is 0.858. The van der Waals surface area contributed by atoms with E-state index in [4.69, 9.17) is 5.11 Å². The second kappa shape index (κ2) is 5.56. The first kappa shape index (κ1) is 11.8. The van der Waals surface area contributed by atoms with E-state index >= 15 is 0 Å². The number of carboxylic acids is 1. The molecule has 0 fully saturated rings. The first-order valence-electron chi connectivity index (χ1n) is 4.50. The van der Waals surface area contributed by atoms with Gasteiger partial charge in [-0.05, 0) is 12.5 Å². The van der Waals surface area contributed by atoms with Crippen molar-refractivity contribution in [3.8, 4) is 0 Å². The predicted octanol–water partition coefficient (Wildman–Crippen LogP) is 2.13. The van der Waals surface area contributed by atoms with E-state index in [-0.39, 0.29) is 16.8 Å².